The van der Waals surface area contributed by atoms with Gasteiger partial charge in [-0.25, -0.2) is 0 Å². The Kier molecular flexibility index (Phi) is 5.25. The van der Waals surface area contributed by atoms with Crippen molar-refractivity contribution in [1.82, 2.24) is 0 Å². The molecule has 0 amide bonds. The van der Waals surface area contributed by atoms with Crippen molar-refractivity contribution in [2.75, 3.05) is 0 Å². The third-order valence-corrected chi connectivity index (χ3v) is 57.2. The Labute approximate surface area is 224 Å². The average molecular weight is 679 g/mol. The van der Waals surface area contributed by atoms with Crippen LogP contribution in [0.1, 0.15) is 42.9 Å². The van der Waals surface area contributed by atoms with E-state index in [1.807, 2.05) is 0 Å². The van der Waals surface area contributed by atoms with Crippen LogP contribution in [0.5, 0.6) is 0 Å². The van der Waals surface area contributed by atoms with Gasteiger partial charge in [0.1, 0.15) is 0 Å². The molecule has 0 spiro atoms. The summed E-state index contributed by atoms with van der Waals surface area (Å²) in [6.45, 7) is 4.87. The predicted molar refractivity (Wildman–Crippen MR) is 169 cm³/mol. The first-order valence-corrected chi connectivity index (χ1v) is 40.1. The number of benzene rings is 4. The zero-order valence-corrected chi connectivity index (χ0v) is 28.3. The number of fused-ring (bicyclic) bond motifs is 2. The SMILES string of the molecule is CC[CH2][Hf]([CH3])([CH3])([CH3])(=[SiH2])([CH]1C=Cc2c(-c3ccccc3)cccc21)[CH]1C=Cc2c(-c3ccccc3)cccc21. The summed E-state index contributed by atoms with van der Waals surface area (Å²) >= 11 is -4.80. The maximum absolute atomic E-state index is 4.80. The van der Waals surface area contributed by atoms with Crippen molar-refractivity contribution in [3.63, 3.8) is 0 Å². The van der Waals surface area contributed by atoms with Crippen LogP contribution in [0, 0.1) is 0 Å². The topological polar surface area (TPSA) is 0 Å². The van der Waals surface area contributed by atoms with Gasteiger partial charge in [-0.15, -0.1) is 0 Å². The van der Waals surface area contributed by atoms with Crippen molar-refractivity contribution in [2.24, 2.45) is 0 Å². The van der Waals surface area contributed by atoms with Gasteiger partial charge in [0.25, 0.3) is 0 Å². The average Bonchev–Trinajstić information content (AvgIpc) is 3.56. The first-order chi connectivity index (χ1) is 18.0. The fraction of sp³-hybridized carbons (Fsp3) is 0.222. The maximum atomic E-state index is 2.80. The second-order valence-corrected chi connectivity index (χ2v) is 97.1. The fourth-order valence-corrected chi connectivity index (χ4v) is 50.3. The van der Waals surface area contributed by atoms with Gasteiger partial charge in [0.2, 0.25) is 0 Å². The standard InChI is InChI=1S/2C15H11.C3H7.3CH3.Hf.H2Si/c2*1-2-6-12(7-3-1)14-10-4-8-13-9-5-11-15(13)14;1-3-2;;;;;/h2*1-11H;1,3H2,2H3;3*1H3;;1H2. The normalized spacial score (nSPS) is 20.7. The van der Waals surface area contributed by atoms with Crippen molar-refractivity contribution < 1.29 is 14.2 Å². The zero-order valence-electron chi connectivity index (χ0n) is 23.3. The minimum atomic E-state index is -4.80. The molecular weight excluding hydrogens is 639 g/mol. The number of allylic oxidation sites excluding steroid dienone is 2. The van der Waals surface area contributed by atoms with Gasteiger partial charge >= 0.3 is 226 Å². The monoisotopic (exact) mass is 680 g/mol. The molecule has 2 heteroatoms. The van der Waals surface area contributed by atoms with Crippen LogP contribution in [-0.4, -0.2) is 6.94 Å². The Morgan fingerprint density at radius 2 is 1.00 bits per heavy atom. The van der Waals surface area contributed by atoms with E-state index < -0.39 is 14.2 Å². The van der Waals surface area contributed by atoms with E-state index in [4.69, 9.17) is 0 Å². The van der Waals surface area contributed by atoms with Gasteiger partial charge in [-0.1, -0.05) is 0 Å². The first kappa shape index (κ1) is 25.7. The summed E-state index contributed by atoms with van der Waals surface area (Å²) in [5.74, 6) is 0. The molecule has 0 aliphatic heterocycles. The van der Waals surface area contributed by atoms with Gasteiger partial charge in [-0.2, -0.15) is 0 Å². The van der Waals surface area contributed by atoms with Crippen LogP contribution < -0.4 is 0 Å². The van der Waals surface area contributed by atoms with E-state index in [9.17, 15) is 0 Å². The molecule has 4 aromatic carbocycles. The van der Waals surface area contributed by atoms with E-state index in [1.54, 1.807) is 0 Å². The molecule has 6 rings (SSSR count). The summed E-state index contributed by atoms with van der Waals surface area (Å²) < 4.78 is 10.6. The molecule has 2 aliphatic carbocycles. The molecule has 38 heavy (non-hydrogen) atoms. The molecule has 0 saturated carbocycles. The molecule has 0 bridgehead atoms. The molecule has 0 radical (unpaired) electrons. The molecule has 192 valence electrons. The summed E-state index contributed by atoms with van der Waals surface area (Å²) in [4.78, 5) is 0. The number of hydrogen-bond donors (Lipinski definition) is 0. The van der Waals surface area contributed by atoms with E-state index >= 15 is 0 Å². The number of rotatable bonds is 6. The van der Waals surface area contributed by atoms with Crippen LogP contribution in [0.2, 0.25) is 18.2 Å². The summed E-state index contributed by atoms with van der Waals surface area (Å²) in [5.41, 5.74) is 11.3. The van der Waals surface area contributed by atoms with Gasteiger partial charge in [0.15, 0.2) is 0 Å². The Morgan fingerprint density at radius 1 is 0.579 bits per heavy atom. The molecule has 2 atom stereocenters. The van der Waals surface area contributed by atoms with Crippen LogP contribution in [0.25, 0.3) is 34.4 Å². The van der Waals surface area contributed by atoms with Crippen molar-refractivity contribution in [3.05, 3.63) is 131 Å². The van der Waals surface area contributed by atoms with Crippen LogP contribution >= 0.6 is 0 Å². The van der Waals surface area contributed by atoms with Gasteiger partial charge in [0, 0.05) is 0 Å². The predicted octanol–water partition coefficient (Wildman–Crippen LogP) is 10.1. The molecular formula is C36H40HfSi. The summed E-state index contributed by atoms with van der Waals surface area (Å²) in [5, 5.41) is 0. The van der Waals surface area contributed by atoms with Crippen LogP contribution in [0.3, 0.4) is 0 Å². The molecule has 2 unspecified atom stereocenters. The Bertz CT molecular complexity index is 1630. The third-order valence-electron chi connectivity index (χ3n) is 10.6. The van der Waals surface area contributed by atoms with Crippen molar-refractivity contribution >= 4 is 19.1 Å². The molecule has 0 heterocycles. The fourth-order valence-electron chi connectivity index (χ4n) is 8.64. The van der Waals surface area contributed by atoms with Crippen LogP contribution in [0.4, 0.5) is 0 Å². The summed E-state index contributed by atoms with van der Waals surface area (Å²) in [7, 11) is 0. The van der Waals surface area contributed by atoms with Crippen molar-refractivity contribution in [2.45, 2.75) is 38.9 Å². The van der Waals surface area contributed by atoms with E-state index in [-0.39, 0.29) is 0 Å². The van der Waals surface area contributed by atoms with Crippen LogP contribution in [0.15, 0.2) is 109 Å². The van der Waals surface area contributed by atoms with Gasteiger partial charge in [-0.05, 0) is 0 Å². The van der Waals surface area contributed by atoms with Crippen molar-refractivity contribution in [3.8, 4) is 22.3 Å². The zero-order chi connectivity index (χ0) is 26.7. The van der Waals surface area contributed by atoms with Crippen molar-refractivity contribution in [1.29, 1.82) is 0 Å². The first-order valence-electron chi connectivity index (χ1n) is 14.3. The van der Waals surface area contributed by atoms with E-state index in [2.05, 4.69) is 149 Å². The third kappa shape index (κ3) is 3.63. The van der Waals surface area contributed by atoms with E-state index in [1.165, 1.54) is 55.1 Å². The van der Waals surface area contributed by atoms with E-state index in [0.717, 1.165) is 0 Å². The van der Waals surface area contributed by atoms with E-state index in [0.29, 0.717) is 7.35 Å². The van der Waals surface area contributed by atoms with Gasteiger partial charge < -0.3 is 0 Å². The van der Waals surface area contributed by atoms with Crippen LogP contribution in [-0.2, 0) is 14.2 Å². The minimum absolute atomic E-state index is 0.442. The van der Waals surface area contributed by atoms with Gasteiger partial charge in [-0.3, -0.25) is 0 Å². The summed E-state index contributed by atoms with van der Waals surface area (Å²) in [6, 6.07) is 35.9. The quantitative estimate of drug-likeness (QED) is 0.178. The molecule has 0 N–H and O–H groups in total. The van der Waals surface area contributed by atoms with Gasteiger partial charge in [0.05, 0.1) is 0 Å². The second-order valence-electron chi connectivity index (χ2n) is 15.4. The molecule has 0 saturated heterocycles. The second kappa shape index (κ2) is 7.76. The number of hydrogen-bond acceptors (Lipinski definition) is 0. The molecule has 0 nitrogen and oxygen atoms in total. The Morgan fingerprint density at radius 3 is 1.39 bits per heavy atom. The Hall–Kier alpha value is -2.55. The molecule has 0 fully saturated rings. The molecule has 0 aromatic heterocycles. The molecule has 4 aromatic rings. The summed E-state index contributed by atoms with van der Waals surface area (Å²) in [6.07, 6.45) is 11.3. The molecule has 2 aliphatic rings. The Balaban J connectivity index is 1.58.